The minimum atomic E-state index is -0.437. The van der Waals surface area contributed by atoms with E-state index in [4.69, 9.17) is 10.5 Å². The van der Waals surface area contributed by atoms with Gasteiger partial charge in [0.2, 0.25) is 0 Å². The van der Waals surface area contributed by atoms with Crippen LogP contribution in [0.15, 0.2) is 48.8 Å². The summed E-state index contributed by atoms with van der Waals surface area (Å²) in [5, 5.41) is 4.15. The van der Waals surface area contributed by atoms with Gasteiger partial charge in [0.25, 0.3) is 0 Å². The van der Waals surface area contributed by atoms with E-state index >= 15 is 0 Å². The van der Waals surface area contributed by atoms with Gasteiger partial charge in [-0.25, -0.2) is 0 Å². The summed E-state index contributed by atoms with van der Waals surface area (Å²) in [7, 11) is 3.24. The fourth-order valence-electron chi connectivity index (χ4n) is 3.28. The Labute approximate surface area is 151 Å². The van der Waals surface area contributed by atoms with Gasteiger partial charge in [-0.15, -0.1) is 0 Å². The Morgan fingerprint density at radius 3 is 2.31 bits per heavy atom. The summed E-state index contributed by atoms with van der Waals surface area (Å²) >= 11 is 0. The first-order valence-electron chi connectivity index (χ1n) is 8.48. The molecule has 1 aliphatic carbocycles. The largest absolute Gasteiger partial charge is 0.468 e. The number of nitrogens with zero attached hydrogens (tertiary/aromatic N) is 3. The molecule has 0 aliphatic heterocycles. The van der Waals surface area contributed by atoms with E-state index in [2.05, 4.69) is 10.1 Å². The molecular weight excluding hydrogens is 328 g/mol. The second-order valence-corrected chi connectivity index (χ2v) is 6.65. The highest BCUT2D eigenvalue weighted by atomic mass is 16.5. The van der Waals surface area contributed by atoms with E-state index in [-0.39, 0.29) is 5.97 Å². The maximum absolute atomic E-state index is 12.0. The number of rotatable bonds is 4. The molecule has 6 heteroatoms. The number of ether oxygens (including phenoxy) is 1. The number of carbonyl (C=O) groups excluding carboxylic acids is 1. The average molecular weight is 348 g/mol. The van der Waals surface area contributed by atoms with Crippen LogP contribution >= 0.6 is 0 Å². The monoisotopic (exact) mass is 348 g/mol. The van der Waals surface area contributed by atoms with E-state index in [0.717, 1.165) is 40.8 Å². The van der Waals surface area contributed by atoms with Crippen LogP contribution < -0.4 is 5.73 Å². The first kappa shape index (κ1) is 16.3. The Morgan fingerprint density at radius 2 is 1.81 bits per heavy atom. The van der Waals surface area contributed by atoms with Crippen molar-refractivity contribution < 1.29 is 9.53 Å². The predicted octanol–water partition coefficient (Wildman–Crippen LogP) is 2.94. The summed E-state index contributed by atoms with van der Waals surface area (Å²) in [6.07, 6.45) is 5.24. The molecule has 2 aromatic heterocycles. The van der Waals surface area contributed by atoms with E-state index in [1.807, 2.05) is 42.6 Å². The number of carbonyl (C=O) groups is 1. The zero-order valence-corrected chi connectivity index (χ0v) is 14.8. The minimum absolute atomic E-state index is 0.148. The number of nitrogens with two attached hydrogens (primary N) is 1. The number of aromatic nitrogens is 3. The Balaban J connectivity index is 1.59. The molecule has 3 aromatic rings. The molecule has 2 heterocycles. The SMILES string of the molecule is COC(=O)C1(c2ccc(-c3ccc(-c4cnn(C)c4N)nc3)cc2)CC1. The van der Waals surface area contributed by atoms with E-state index in [9.17, 15) is 4.79 Å². The van der Waals surface area contributed by atoms with Gasteiger partial charge < -0.3 is 10.5 Å². The third-order valence-corrected chi connectivity index (χ3v) is 5.12. The number of anilines is 1. The second-order valence-electron chi connectivity index (χ2n) is 6.65. The molecule has 0 bridgehead atoms. The topological polar surface area (TPSA) is 83.0 Å². The van der Waals surface area contributed by atoms with Gasteiger partial charge in [0.15, 0.2) is 0 Å². The molecule has 26 heavy (non-hydrogen) atoms. The van der Waals surface area contributed by atoms with E-state index in [1.54, 1.807) is 17.9 Å². The quantitative estimate of drug-likeness (QED) is 0.733. The van der Waals surface area contributed by atoms with Crippen molar-refractivity contribution in [3.63, 3.8) is 0 Å². The summed E-state index contributed by atoms with van der Waals surface area (Å²) in [6.45, 7) is 0. The van der Waals surface area contributed by atoms with Crippen LogP contribution in [0.2, 0.25) is 0 Å². The molecule has 2 N–H and O–H groups in total. The summed E-state index contributed by atoms with van der Waals surface area (Å²) in [5.41, 5.74) is 10.2. The summed E-state index contributed by atoms with van der Waals surface area (Å²) in [6, 6.07) is 12.0. The predicted molar refractivity (Wildman–Crippen MR) is 99.2 cm³/mol. The van der Waals surface area contributed by atoms with Crippen LogP contribution in [0.4, 0.5) is 5.82 Å². The lowest BCUT2D eigenvalue weighted by atomic mass is 9.94. The van der Waals surface area contributed by atoms with Crippen molar-refractivity contribution in [3.05, 3.63) is 54.4 Å². The maximum atomic E-state index is 12.0. The molecule has 0 saturated heterocycles. The van der Waals surface area contributed by atoms with Crippen molar-refractivity contribution in [1.82, 2.24) is 14.8 Å². The third kappa shape index (κ3) is 2.54. The summed E-state index contributed by atoms with van der Waals surface area (Å²) < 4.78 is 6.57. The first-order valence-corrected chi connectivity index (χ1v) is 8.48. The lowest BCUT2D eigenvalue weighted by Crippen LogP contribution is -2.21. The zero-order valence-electron chi connectivity index (χ0n) is 14.8. The van der Waals surface area contributed by atoms with E-state index < -0.39 is 5.41 Å². The highest BCUT2D eigenvalue weighted by Gasteiger charge is 2.52. The number of nitrogen functional groups attached to an aromatic ring is 1. The Kier molecular flexibility index (Phi) is 3.76. The number of benzene rings is 1. The zero-order chi connectivity index (χ0) is 18.3. The molecule has 1 aromatic carbocycles. The van der Waals surface area contributed by atoms with Crippen molar-refractivity contribution in [2.24, 2.45) is 7.05 Å². The highest BCUT2D eigenvalue weighted by molar-refractivity contribution is 5.86. The van der Waals surface area contributed by atoms with E-state index in [0.29, 0.717) is 5.82 Å². The molecule has 0 spiro atoms. The van der Waals surface area contributed by atoms with Gasteiger partial charge in [0.1, 0.15) is 5.82 Å². The molecule has 132 valence electrons. The summed E-state index contributed by atoms with van der Waals surface area (Å²) in [4.78, 5) is 16.5. The summed E-state index contributed by atoms with van der Waals surface area (Å²) in [5.74, 6) is 0.442. The maximum Gasteiger partial charge on any atom is 0.316 e. The Bertz CT molecular complexity index is 954. The number of aryl methyl sites for hydroxylation is 1. The Morgan fingerprint density at radius 1 is 1.12 bits per heavy atom. The smallest absolute Gasteiger partial charge is 0.316 e. The number of hydrogen-bond acceptors (Lipinski definition) is 5. The number of pyridine rings is 1. The fourth-order valence-corrected chi connectivity index (χ4v) is 3.28. The molecule has 6 nitrogen and oxygen atoms in total. The van der Waals surface area contributed by atoms with Crippen molar-refractivity contribution in [1.29, 1.82) is 0 Å². The highest BCUT2D eigenvalue weighted by Crippen LogP contribution is 2.49. The molecule has 0 atom stereocenters. The fraction of sp³-hybridized carbons (Fsp3) is 0.250. The van der Waals surface area contributed by atoms with Crippen molar-refractivity contribution in [2.45, 2.75) is 18.3 Å². The van der Waals surface area contributed by atoms with Gasteiger partial charge >= 0.3 is 5.97 Å². The van der Waals surface area contributed by atoms with Crippen LogP contribution in [0.25, 0.3) is 22.4 Å². The third-order valence-electron chi connectivity index (χ3n) is 5.12. The van der Waals surface area contributed by atoms with Gasteiger partial charge in [-0.05, 0) is 30.0 Å². The average Bonchev–Trinajstić information content (AvgIpc) is 3.43. The van der Waals surface area contributed by atoms with Gasteiger partial charge in [-0.3, -0.25) is 14.5 Å². The van der Waals surface area contributed by atoms with Crippen molar-refractivity contribution in [2.75, 3.05) is 12.8 Å². The van der Waals surface area contributed by atoms with Crippen LogP contribution in [0.5, 0.6) is 0 Å². The molecule has 1 aliphatic rings. The lowest BCUT2D eigenvalue weighted by molar-refractivity contribution is -0.143. The molecule has 4 rings (SSSR count). The number of hydrogen-bond donors (Lipinski definition) is 1. The van der Waals surface area contributed by atoms with Gasteiger partial charge in [-0.1, -0.05) is 30.3 Å². The van der Waals surface area contributed by atoms with Crippen LogP contribution in [-0.4, -0.2) is 27.8 Å². The van der Waals surface area contributed by atoms with Crippen LogP contribution in [0, 0.1) is 0 Å². The molecule has 0 radical (unpaired) electrons. The second kappa shape index (κ2) is 5.98. The minimum Gasteiger partial charge on any atom is -0.468 e. The molecule has 0 unspecified atom stereocenters. The number of esters is 1. The Hall–Kier alpha value is -3.15. The van der Waals surface area contributed by atoms with Gasteiger partial charge in [0, 0.05) is 18.8 Å². The molecule has 1 saturated carbocycles. The normalized spacial score (nSPS) is 14.8. The van der Waals surface area contributed by atoms with Crippen LogP contribution in [0.1, 0.15) is 18.4 Å². The van der Waals surface area contributed by atoms with Crippen LogP contribution in [0.3, 0.4) is 0 Å². The molecule has 0 amide bonds. The van der Waals surface area contributed by atoms with Gasteiger partial charge in [-0.2, -0.15) is 5.10 Å². The molecular formula is C20H20N4O2. The van der Waals surface area contributed by atoms with Gasteiger partial charge in [0.05, 0.1) is 30.0 Å². The molecule has 1 fully saturated rings. The standard InChI is InChI=1S/C20H20N4O2/c1-24-18(21)16(12-23-24)17-8-5-14(11-22-17)13-3-6-15(7-4-13)20(9-10-20)19(25)26-2/h3-8,11-12H,9-10,21H2,1-2H3. The first-order chi connectivity index (χ1) is 12.5. The van der Waals surface area contributed by atoms with Crippen LogP contribution in [-0.2, 0) is 22.0 Å². The number of methoxy groups -OCH3 is 1. The van der Waals surface area contributed by atoms with E-state index in [1.165, 1.54) is 7.11 Å². The van der Waals surface area contributed by atoms with Crippen molar-refractivity contribution >= 4 is 11.8 Å². The van der Waals surface area contributed by atoms with Crippen molar-refractivity contribution in [3.8, 4) is 22.4 Å². The lowest BCUT2D eigenvalue weighted by Gasteiger charge is -2.13.